The molecule has 2 aromatic rings. The summed E-state index contributed by atoms with van der Waals surface area (Å²) >= 11 is 0. The van der Waals surface area contributed by atoms with Gasteiger partial charge in [-0.25, -0.2) is 0 Å². The number of fused-ring (bicyclic) bond motifs is 1. The molecule has 0 unspecified atom stereocenters. The summed E-state index contributed by atoms with van der Waals surface area (Å²) in [6, 6.07) is 13.1. The first-order chi connectivity index (χ1) is 12.8. The molecule has 0 aliphatic carbocycles. The van der Waals surface area contributed by atoms with Gasteiger partial charge in [0.1, 0.15) is 5.75 Å². The summed E-state index contributed by atoms with van der Waals surface area (Å²) < 4.78 is 11.4. The molecule has 3 heterocycles. The third kappa shape index (κ3) is 4.23. The molecule has 0 N–H and O–H groups in total. The average Bonchev–Trinajstić information content (AvgIpc) is 3.10. The van der Waals surface area contributed by atoms with Gasteiger partial charge in [0, 0.05) is 51.2 Å². The summed E-state index contributed by atoms with van der Waals surface area (Å²) in [6.07, 6.45) is 5.15. The van der Waals surface area contributed by atoms with Crippen LogP contribution in [0, 0.1) is 0 Å². The molecule has 5 heteroatoms. The molecule has 0 amide bonds. The zero-order valence-corrected chi connectivity index (χ0v) is 15.4. The molecule has 0 saturated carbocycles. The molecule has 1 aromatic carbocycles. The quantitative estimate of drug-likeness (QED) is 0.798. The summed E-state index contributed by atoms with van der Waals surface area (Å²) in [4.78, 5) is 9.32. The Morgan fingerprint density at radius 1 is 1.08 bits per heavy atom. The van der Waals surface area contributed by atoms with Crippen LogP contribution in [0.5, 0.6) is 5.75 Å². The second kappa shape index (κ2) is 8.16. The normalized spacial score (nSPS) is 23.7. The van der Waals surface area contributed by atoms with Crippen molar-refractivity contribution in [1.82, 2.24) is 14.8 Å². The number of methoxy groups -OCH3 is 1. The van der Waals surface area contributed by atoms with Crippen LogP contribution in [0.15, 0.2) is 48.8 Å². The van der Waals surface area contributed by atoms with E-state index in [4.69, 9.17) is 9.47 Å². The fourth-order valence-corrected chi connectivity index (χ4v) is 4.01. The number of benzene rings is 1. The van der Waals surface area contributed by atoms with Crippen LogP contribution in [-0.2, 0) is 17.9 Å². The summed E-state index contributed by atoms with van der Waals surface area (Å²) in [5, 5.41) is 0. The van der Waals surface area contributed by atoms with E-state index in [1.165, 1.54) is 5.56 Å². The van der Waals surface area contributed by atoms with Crippen LogP contribution in [0.2, 0.25) is 0 Å². The number of rotatable bonds is 6. The van der Waals surface area contributed by atoms with E-state index in [-0.39, 0.29) is 0 Å². The molecule has 5 nitrogen and oxygen atoms in total. The Bertz CT molecular complexity index is 692. The molecular formula is C21H27N3O2. The molecular weight excluding hydrogens is 326 g/mol. The van der Waals surface area contributed by atoms with E-state index in [9.17, 15) is 0 Å². The highest BCUT2D eigenvalue weighted by Gasteiger charge is 2.36. The average molecular weight is 353 g/mol. The van der Waals surface area contributed by atoms with Gasteiger partial charge in [-0.3, -0.25) is 14.8 Å². The van der Waals surface area contributed by atoms with Crippen molar-refractivity contribution >= 4 is 0 Å². The first-order valence-corrected chi connectivity index (χ1v) is 9.40. The van der Waals surface area contributed by atoms with Gasteiger partial charge >= 0.3 is 0 Å². The molecule has 2 aliphatic rings. The molecule has 26 heavy (non-hydrogen) atoms. The molecule has 0 bridgehead atoms. The highest BCUT2D eigenvalue weighted by atomic mass is 16.5. The SMILES string of the molecule is COc1ccc(CN2CCN3C[C@@H](OCc4cccnc4)C[C@H]3C2)cc1. The molecule has 138 valence electrons. The zero-order valence-electron chi connectivity index (χ0n) is 15.4. The van der Waals surface area contributed by atoms with Gasteiger partial charge in [-0.2, -0.15) is 0 Å². The van der Waals surface area contributed by atoms with E-state index in [0.29, 0.717) is 18.8 Å². The Kier molecular flexibility index (Phi) is 5.48. The Labute approximate surface area is 155 Å². The third-order valence-electron chi connectivity index (χ3n) is 5.44. The lowest BCUT2D eigenvalue weighted by Gasteiger charge is -2.37. The molecule has 0 radical (unpaired) electrons. The number of hydrogen-bond acceptors (Lipinski definition) is 5. The second-order valence-corrected chi connectivity index (χ2v) is 7.26. The van der Waals surface area contributed by atoms with Crippen LogP contribution in [0.3, 0.4) is 0 Å². The Morgan fingerprint density at radius 3 is 2.73 bits per heavy atom. The van der Waals surface area contributed by atoms with Gasteiger partial charge in [-0.1, -0.05) is 18.2 Å². The van der Waals surface area contributed by atoms with Gasteiger partial charge in [0.05, 0.1) is 19.8 Å². The number of ether oxygens (including phenoxy) is 2. The van der Waals surface area contributed by atoms with Crippen molar-refractivity contribution in [2.75, 3.05) is 33.3 Å². The summed E-state index contributed by atoms with van der Waals surface area (Å²) in [5.74, 6) is 0.919. The fraction of sp³-hybridized carbons (Fsp3) is 0.476. The Morgan fingerprint density at radius 2 is 1.96 bits per heavy atom. The van der Waals surface area contributed by atoms with Gasteiger partial charge in [0.15, 0.2) is 0 Å². The highest BCUT2D eigenvalue weighted by molar-refractivity contribution is 5.27. The number of aromatic nitrogens is 1. The minimum atomic E-state index is 0.334. The van der Waals surface area contributed by atoms with Crippen LogP contribution in [0.25, 0.3) is 0 Å². The van der Waals surface area contributed by atoms with Crippen molar-refractivity contribution in [3.8, 4) is 5.75 Å². The maximum atomic E-state index is 6.15. The van der Waals surface area contributed by atoms with Crippen molar-refractivity contribution in [2.24, 2.45) is 0 Å². The number of hydrogen-bond donors (Lipinski definition) is 0. The lowest BCUT2D eigenvalue weighted by molar-refractivity contribution is 0.0457. The molecule has 1 aromatic heterocycles. The first-order valence-electron chi connectivity index (χ1n) is 9.40. The topological polar surface area (TPSA) is 37.8 Å². The summed E-state index contributed by atoms with van der Waals surface area (Å²) in [5.41, 5.74) is 2.50. The first kappa shape index (κ1) is 17.5. The predicted molar refractivity (Wildman–Crippen MR) is 101 cm³/mol. The van der Waals surface area contributed by atoms with Crippen LogP contribution < -0.4 is 4.74 Å². The lowest BCUT2D eigenvalue weighted by Crippen LogP contribution is -2.49. The van der Waals surface area contributed by atoms with Crippen molar-refractivity contribution in [2.45, 2.75) is 31.7 Å². The standard InChI is InChI=1S/C21H27N3O2/c1-25-20-6-4-17(5-7-20)13-23-9-10-24-15-21(11-19(24)14-23)26-16-18-3-2-8-22-12-18/h2-8,12,19,21H,9-11,13-16H2,1H3/t19-,21-/m0/s1. The van der Waals surface area contributed by atoms with Gasteiger partial charge < -0.3 is 9.47 Å². The molecule has 0 spiro atoms. The summed E-state index contributed by atoms with van der Waals surface area (Å²) in [6.45, 7) is 6.11. The molecule has 2 atom stereocenters. The Hall–Kier alpha value is -1.95. The lowest BCUT2D eigenvalue weighted by atomic mass is 10.1. The number of pyridine rings is 1. The van der Waals surface area contributed by atoms with E-state index < -0.39 is 0 Å². The van der Waals surface area contributed by atoms with E-state index in [1.54, 1.807) is 13.3 Å². The van der Waals surface area contributed by atoms with E-state index in [0.717, 1.165) is 50.5 Å². The van der Waals surface area contributed by atoms with Crippen molar-refractivity contribution in [1.29, 1.82) is 0 Å². The van der Waals surface area contributed by atoms with E-state index in [1.807, 2.05) is 24.4 Å². The van der Waals surface area contributed by atoms with Crippen LogP contribution in [0.1, 0.15) is 17.5 Å². The predicted octanol–water partition coefficient (Wildman–Crippen LogP) is 2.57. The monoisotopic (exact) mass is 353 g/mol. The van der Waals surface area contributed by atoms with E-state index in [2.05, 4.69) is 33.0 Å². The van der Waals surface area contributed by atoms with Gasteiger partial charge in [0.25, 0.3) is 0 Å². The van der Waals surface area contributed by atoms with Crippen LogP contribution in [-0.4, -0.2) is 60.2 Å². The largest absolute Gasteiger partial charge is 0.497 e. The molecule has 2 aliphatic heterocycles. The van der Waals surface area contributed by atoms with Gasteiger partial charge in [0.2, 0.25) is 0 Å². The minimum Gasteiger partial charge on any atom is -0.497 e. The van der Waals surface area contributed by atoms with Crippen LogP contribution >= 0.6 is 0 Å². The minimum absolute atomic E-state index is 0.334. The van der Waals surface area contributed by atoms with Gasteiger partial charge in [-0.05, 0) is 35.7 Å². The Balaban J connectivity index is 1.27. The van der Waals surface area contributed by atoms with Crippen molar-refractivity contribution in [3.63, 3.8) is 0 Å². The smallest absolute Gasteiger partial charge is 0.118 e. The molecule has 2 fully saturated rings. The third-order valence-corrected chi connectivity index (χ3v) is 5.44. The van der Waals surface area contributed by atoms with Crippen molar-refractivity contribution < 1.29 is 9.47 Å². The molecule has 4 rings (SSSR count). The summed E-state index contributed by atoms with van der Waals surface area (Å²) in [7, 11) is 1.71. The maximum Gasteiger partial charge on any atom is 0.118 e. The van der Waals surface area contributed by atoms with Gasteiger partial charge in [-0.15, -0.1) is 0 Å². The zero-order chi connectivity index (χ0) is 17.8. The van der Waals surface area contributed by atoms with Crippen LogP contribution in [0.4, 0.5) is 0 Å². The highest BCUT2D eigenvalue weighted by Crippen LogP contribution is 2.26. The maximum absolute atomic E-state index is 6.15. The van der Waals surface area contributed by atoms with E-state index >= 15 is 0 Å². The molecule has 2 saturated heterocycles. The van der Waals surface area contributed by atoms with Crippen molar-refractivity contribution in [3.05, 3.63) is 59.9 Å². The fourth-order valence-electron chi connectivity index (χ4n) is 4.01. The number of piperazine rings is 1. The number of nitrogens with zero attached hydrogens (tertiary/aromatic N) is 3. The second-order valence-electron chi connectivity index (χ2n) is 7.26.